The van der Waals surface area contributed by atoms with E-state index in [-0.39, 0.29) is 11.2 Å². The van der Waals surface area contributed by atoms with Crippen molar-refractivity contribution in [3.05, 3.63) is 35.6 Å². The van der Waals surface area contributed by atoms with Crippen LogP contribution in [0.1, 0.15) is 45.1 Å². The van der Waals surface area contributed by atoms with Gasteiger partial charge in [0.1, 0.15) is 0 Å². The summed E-state index contributed by atoms with van der Waals surface area (Å²) >= 11 is 0. The Bertz CT molecular complexity index is 673. The summed E-state index contributed by atoms with van der Waals surface area (Å²) in [5, 5.41) is 0. The Morgan fingerprint density at radius 1 is 1.25 bits per heavy atom. The first-order chi connectivity index (χ1) is 9.54. The predicted octanol–water partition coefficient (Wildman–Crippen LogP) is 3.76. The molecule has 3 rings (SSSR count). The fourth-order valence-corrected chi connectivity index (χ4v) is 5.32. The molecule has 0 saturated carbocycles. The summed E-state index contributed by atoms with van der Waals surface area (Å²) < 4.78 is 31.2. The van der Waals surface area contributed by atoms with Crippen LogP contribution in [0.2, 0.25) is 0 Å². The molecule has 108 valence electrons. The van der Waals surface area contributed by atoms with Gasteiger partial charge in [-0.05, 0) is 25.0 Å². The van der Waals surface area contributed by atoms with Crippen LogP contribution in [0.3, 0.4) is 0 Å². The molecule has 0 bridgehead atoms. The van der Waals surface area contributed by atoms with Gasteiger partial charge in [0.2, 0.25) is 0 Å². The van der Waals surface area contributed by atoms with Crippen LogP contribution in [0.5, 0.6) is 0 Å². The number of allylic oxidation sites excluding steroid dienone is 1. The molecule has 2 aliphatic rings. The van der Waals surface area contributed by atoms with Gasteiger partial charge in [-0.25, -0.2) is 8.42 Å². The van der Waals surface area contributed by atoms with Gasteiger partial charge in [-0.3, -0.25) is 0 Å². The molecule has 3 nitrogen and oxygen atoms in total. The number of sulfone groups is 1. The maximum absolute atomic E-state index is 12.7. The SMILES string of the molecule is CCCC[C@]1(CC)CS(=O)(=O)c2ccccc2C2=C1O2. The normalized spacial score (nSPS) is 26.3. The van der Waals surface area contributed by atoms with Crippen molar-refractivity contribution in [2.45, 2.75) is 44.4 Å². The second-order valence-electron chi connectivity index (χ2n) is 5.75. The minimum atomic E-state index is -3.25. The van der Waals surface area contributed by atoms with Gasteiger partial charge in [0.15, 0.2) is 21.4 Å². The smallest absolute Gasteiger partial charge is 0.180 e. The molecule has 4 heteroatoms. The van der Waals surface area contributed by atoms with Crippen LogP contribution in [0.4, 0.5) is 0 Å². The van der Waals surface area contributed by atoms with Crippen LogP contribution in [0.15, 0.2) is 34.9 Å². The average molecular weight is 292 g/mol. The zero-order valence-corrected chi connectivity index (χ0v) is 12.8. The Labute approximate surface area is 120 Å². The molecular formula is C16H20O3S. The maximum Gasteiger partial charge on any atom is 0.180 e. The maximum atomic E-state index is 12.7. The van der Waals surface area contributed by atoms with Gasteiger partial charge in [-0.2, -0.15) is 0 Å². The first kappa shape index (κ1) is 13.7. The van der Waals surface area contributed by atoms with Crippen molar-refractivity contribution < 1.29 is 13.2 Å². The third-order valence-electron chi connectivity index (χ3n) is 4.47. The van der Waals surface area contributed by atoms with Crippen molar-refractivity contribution >= 4 is 15.6 Å². The standard InChI is InChI=1S/C16H20O3S/c1-3-5-10-16(4-2)11-20(17,18)13-9-7-6-8-12(13)14-15(16)19-14/h6-9H,3-5,10-11H2,1-2H3/t16-/m1/s1. The highest BCUT2D eigenvalue weighted by atomic mass is 32.2. The van der Waals surface area contributed by atoms with Crippen molar-refractivity contribution in [2.75, 3.05) is 5.75 Å². The van der Waals surface area contributed by atoms with Crippen LogP contribution >= 0.6 is 0 Å². The van der Waals surface area contributed by atoms with E-state index in [1.54, 1.807) is 12.1 Å². The number of rotatable bonds is 4. The van der Waals surface area contributed by atoms with Gasteiger partial charge in [-0.1, -0.05) is 38.8 Å². The number of ether oxygens (including phenoxy) is 1. The summed E-state index contributed by atoms with van der Waals surface area (Å²) in [6, 6.07) is 7.19. The lowest BCUT2D eigenvalue weighted by atomic mass is 9.81. The fraction of sp³-hybridized carbons (Fsp3) is 0.500. The van der Waals surface area contributed by atoms with E-state index in [0.717, 1.165) is 42.8 Å². The molecule has 2 aliphatic heterocycles. The summed E-state index contributed by atoms with van der Waals surface area (Å²) in [7, 11) is -3.25. The first-order valence-corrected chi connectivity index (χ1v) is 8.94. The Morgan fingerprint density at radius 2 is 2.00 bits per heavy atom. The second-order valence-corrected chi connectivity index (χ2v) is 7.71. The Morgan fingerprint density at radius 3 is 2.70 bits per heavy atom. The average Bonchev–Trinajstić information content (AvgIpc) is 3.24. The highest BCUT2D eigenvalue weighted by Crippen LogP contribution is 2.56. The van der Waals surface area contributed by atoms with Crippen LogP contribution in [0.25, 0.3) is 5.76 Å². The molecule has 0 spiro atoms. The molecule has 0 fully saturated rings. The van der Waals surface area contributed by atoms with E-state index in [0.29, 0.717) is 4.90 Å². The summed E-state index contributed by atoms with van der Waals surface area (Å²) in [5.74, 6) is 1.90. The summed E-state index contributed by atoms with van der Waals surface area (Å²) in [6.45, 7) is 4.19. The van der Waals surface area contributed by atoms with Gasteiger partial charge in [0.05, 0.1) is 10.6 Å². The van der Waals surface area contributed by atoms with E-state index in [1.807, 2.05) is 12.1 Å². The molecule has 0 N–H and O–H groups in total. The zero-order valence-electron chi connectivity index (χ0n) is 12.0. The first-order valence-electron chi connectivity index (χ1n) is 7.29. The van der Waals surface area contributed by atoms with Gasteiger partial charge in [-0.15, -0.1) is 0 Å². The lowest BCUT2D eigenvalue weighted by molar-refractivity contribution is 0.278. The fourth-order valence-electron chi connectivity index (χ4n) is 3.18. The molecule has 1 atom stereocenters. The number of hydrogen-bond acceptors (Lipinski definition) is 3. The number of unbranched alkanes of at least 4 members (excludes halogenated alkanes) is 1. The number of benzene rings is 1. The Balaban J connectivity index is 2.13. The Hall–Kier alpha value is -1.29. The molecule has 2 heterocycles. The predicted molar refractivity (Wildman–Crippen MR) is 78.7 cm³/mol. The second kappa shape index (κ2) is 4.62. The number of hydrogen-bond donors (Lipinski definition) is 0. The van der Waals surface area contributed by atoms with Crippen molar-refractivity contribution in [2.24, 2.45) is 5.41 Å². The highest BCUT2D eigenvalue weighted by Gasteiger charge is 2.51. The van der Waals surface area contributed by atoms with E-state index >= 15 is 0 Å². The van der Waals surface area contributed by atoms with Crippen LogP contribution < -0.4 is 0 Å². The monoisotopic (exact) mass is 292 g/mol. The summed E-state index contributed by atoms with van der Waals surface area (Å²) in [5.41, 5.74) is 0.415. The molecule has 0 amide bonds. The minimum Gasteiger partial charge on any atom is -0.453 e. The Kier molecular flexibility index (Phi) is 3.16. The van der Waals surface area contributed by atoms with Crippen LogP contribution in [0, 0.1) is 5.41 Å². The third-order valence-corrected chi connectivity index (χ3v) is 6.43. The molecule has 20 heavy (non-hydrogen) atoms. The van der Waals surface area contributed by atoms with E-state index < -0.39 is 9.84 Å². The molecule has 1 aromatic rings. The van der Waals surface area contributed by atoms with Gasteiger partial charge < -0.3 is 4.74 Å². The molecule has 0 unspecified atom stereocenters. The third kappa shape index (κ3) is 1.97. The molecule has 0 radical (unpaired) electrons. The van der Waals surface area contributed by atoms with Crippen molar-refractivity contribution in [3.8, 4) is 0 Å². The topological polar surface area (TPSA) is 46.7 Å². The van der Waals surface area contributed by atoms with E-state index in [1.165, 1.54) is 0 Å². The van der Waals surface area contributed by atoms with Crippen molar-refractivity contribution in [1.29, 1.82) is 0 Å². The largest absolute Gasteiger partial charge is 0.453 e. The molecule has 0 aromatic heterocycles. The van der Waals surface area contributed by atoms with E-state index in [4.69, 9.17) is 4.74 Å². The lowest BCUT2D eigenvalue weighted by Gasteiger charge is -2.28. The molecular weight excluding hydrogens is 272 g/mol. The van der Waals surface area contributed by atoms with E-state index in [2.05, 4.69) is 13.8 Å². The number of fused-ring (bicyclic) bond motifs is 2. The molecule has 0 aliphatic carbocycles. The van der Waals surface area contributed by atoms with Crippen molar-refractivity contribution in [3.63, 3.8) is 0 Å². The lowest BCUT2D eigenvalue weighted by Crippen LogP contribution is -2.29. The molecule has 0 saturated heterocycles. The molecule has 1 aromatic carbocycles. The van der Waals surface area contributed by atoms with E-state index in [9.17, 15) is 8.42 Å². The van der Waals surface area contributed by atoms with Gasteiger partial charge >= 0.3 is 0 Å². The summed E-state index contributed by atoms with van der Waals surface area (Å²) in [4.78, 5) is 0.428. The van der Waals surface area contributed by atoms with Crippen molar-refractivity contribution in [1.82, 2.24) is 0 Å². The highest BCUT2D eigenvalue weighted by molar-refractivity contribution is 7.91. The minimum absolute atomic E-state index is 0.173. The summed E-state index contributed by atoms with van der Waals surface area (Å²) in [6.07, 6.45) is 3.78. The van der Waals surface area contributed by atoms with Gasteiger partial charge in [0.25, 0.3) is 0 Å². The quantitative estimate of drug-likeness (QED) is 0.849. The van der Waals surface area contributed by atoms with Gasteiger partial charge in [0, 0.05) is 11.0 Å². The zero-order chi connectivity index (χ0) is 14.4. The van der Waals surface area contributed by atoms with Crippen LogP contribution in [-0.2, 0) is 14.6 Å². The van der Waals surface area contributed by atoms with Crippen LogP contribution in [-0.4, -0.2) is 14.2 Å².